The van der Waals surface area contributed by atoms with Crippen LogP contribution in [-0.2, 0) is 18.0 Å². The number of carbonyl (C=O) groups excluding carboxylic acids is 1. The molecule has 1 N–H and O–H groups in total. The molecule has 0 radical (unpaired) electrons. The van der Waals surface area contributed by atoms with E-state index in [0.717, 1.165) is 12.1 Å². The first-order chi connectivity index (χ1) is 17.3. The summed E-state index contributed by atoms with van der Waals surface area (Å²) in [6, 6.07) is 10.7. The molecule has 0 saturated carbocycles. The number of amides is 1. The molecule has 0 unspecified atom stereocenters. The van der Waals surface area contributed by atoms with Gasteiger partial charge in [-0.15, -0.1) is 0 Å². The largest absolute Gasteiger partial charge is 0.437 e. The Morgan fingerprint density at radius 1 is 1.08 bits per heavy atom. The number of aryl methyl sites for hydroxylation is 1. The van der Waals surface area contributed by atoms with Crippen molar-refractivity contribution in [2.75, 3.05) is 36.5 Å². The molecule has 2 aromatic heterocycles. The lowest BCUT2D eigenvalue weighted by Gasteiger charge is -2.26. The normalized spacial score (nSPS) is 14.2. The van der Waals surface area contributed by atoms with Crippen LogP contribution in [0.4, 0.5) is 24.8 Å². The molecule has 1 fully saturated rings. The van der Waals surface area contributed by atoms with Gasteiger partial charge in [-0.3, -0.25) is 4.79 Å². The fraction of sp³-hybridized carbons (Fsp3) is 0.250. The van der Waals surface area contributed by atoms with E-state index < -0.39 is 17.6 Å². The molecular formula is C24H21F3N6O3. The van der Waals surface area contributed by atoms with Gasteiger partial charge in [-0.05, 0) is 36.4 Å². The Morgan fingerprint density at radius 2 is 1.86 bits per heavy atom. The molecule has 1 amide bonds. The number of imidazole rings is 1. The van der Waals surface area contributed by atoms with Crippen LogP contribution in [0.25, 0.3) is 11.2 Å². The SMILES string of the molecule is Cn1cnc2c(Oc3cccc(C(=O)Nc4cccc(C(F)(F)F)c4)c3)nc(N3CCOCC3)nc21. The molecule has 186 valence electrons. The number of nitrogens with zero attached hydrogens (tertiary/aromatic N) is 5. The topological polar surface area (TPSA) is 94.4 Å². The number of hydrogen-bond donors (Lipinski definition) is 1. The minimum absolute atomic E-state index is 0.0299. The van der Waals surface area contributed by atoms with Crippen molar-refractivity contribution in [2.45, 2.75) is 6.18 Å². The number of morpholine rings is 1. The molecular weight excluding hydrogens is 477 g/mol. The number of rotatable bonds is 5. The highest BCUT2D eigenvalue weighted by atomic mass is 19.4. The molecule has 0 aliphatic carbocycles. The molecule has 1 aliphatic rings. The lowest BCUT2D eigenvalue weighted by molar-refractivity contribution is -0.137. The number of alkyl halides is 3. The monoisotopic (exact) mass is 498 g/mol. The Kier molecular flexibility index (Phi) is 6.18. The average Bonchev–Trinajstić information content (AvgIpc) is 3.25. The lowest BCUT2D eigenvalue weighted by Crippen LogP contribution is -2.37. The van der Waals surface area contributed by atoms with Crippen molar-refractivity contribution in [3.63, 3.8) is 0 Å². The highest BCUT2D eigenvalue weighted by Gasteiger charge is 2.30. The predicted molar refractivity (Wildman–Crippen MR) is 125 cm³/mol. The number of fused-ring (bicyclic) bond motifs is 1. The molecule has 2 aromatic carbocycles. The van der Waals surface area contributed by atoms with E-state index in [4.69, 9.17) is 9.47 Å². The second kappa shape index (κ2) is 9.46. The average molecular weight is 498 g/mol. The molecule has 5 rings (SSSR count). The van der Waals surface area contributed by atoms with Crippen LogP contribution in [0.15, 0.2) is 54.9 Å². The molecule has 1 saturated heterocycles. The molecule has 0 bridgehead atoms. The maximum absolute atomic E-state index is 13.0. The van der Waals surface area contributed by atoms with Crippen molar-refractivity contribution in [1.29, 1.82) is 0 Å². The maximum Gasteiger partial charge on any atom is 0.416 e. The van der Waals surface area contributed by atoms with Crippen LogP contribution in [0.1, 0.15) is 15.9 Å². The van der Waals surface area contributed by atoms with Crippen molar-refractivity contribution >= 4 is 28.7 Å². The first kappa shape index (κ1) is 23.5. The van der Waals surface area contributed by atoms with E-state index in [2.05, 4.69) is 20.3 Å². The van der Waals surface area contributed by atoms with E-state index in [1.807, 2.05) is 11.9 Å². The van der Waals surface area contributed by atoms with Gasteiger partial charge >= 0.3 is 6.18 Å². The summed E-state index contributed by atoms with van der Waals surface area (Å²) in [4.78, 5) is 28.3. The fourth-order valence-electron chi connectivity index (χ4n) is 3.73. The Morgan fingerprint density at radius 3 is 2.64 bits per heavy atom. The third-order valence-electron chi connectivity index (χ3n) is 5.57. The Labute approximate surface area is 203 Å². The van der Waals surface area contributed by atoms with Crippen LogP contribution in [0.2, 0.25) is 0 Å². The number of benzene rings is 2. The van der Waals surface area contributed by atoms with Gasteiger partial charge in [0.25, 0.3) is 11.8 Å². The molecule has 12 heteroatoms. The smallest absolute Gasteiger partial charge is 0.416 e. The van der Waals surface area contributed by atoms with E-state index >= 15 is 0 Å². The number of nitrogens with one attached hydrogen (secondary N) is 1. The minimum atomic E-state index is -4.51. The molecule has 3 heterocycles. The zero-order valence-corrected chi connectivity index (χ0v) is 19.1. The molecule has 0 atom stereocenters. The number of anilines is 2. The molecule has 4 aromatic rings. The summed E-state index contributed by atoms with van der Waals surface area (Å²) < 4.78 is 52.2. The number of ether oxygens (including phenoxy) is 2. The van der Waals surface area contributed by atoms with Crippen molar-refractivity contribution in [3.05, 3.63) is 66.0 Å². The van der Waals surface area contributed by atoms with Crippen molar-refractivity contribution in [2.24, 2.45) is 7.05 Å². The number of halogens is 3. The van der Waals surface area contributed by atoms with E-state index in [1.165, 1.54) is 24.3 Å². The second-order valence-electron chi connectivity index (χ2n) is 8.12. The third kappa shape index (κ3) is 4.93. The van der Waals surface area contributed by atoms with Gasteiger partial charge in [0.15, 0.2) is 11.2 Å². The van der Waals surface area contributed by atoms with Crippen molar-refractivity contribution < 1.29 is 27.4 Å². The Hall–Kier alpha value is -4.19. The Balaban J connectivity index is 1.40. The van der Waals surface area contributed by atoms with Crippen LogP contribution < -0.4 is 15.0 Å². The van der Waals surface area contributed by atoms with Crippen LogP contribution in [0, 0.1) is 0 Å². The zero-order valence-electron chi connectivity index (χ0n) is 19.1. The van der Waals surface area contributed by atoms with Crippen molar-refractivity contribution in [3.8, 4) is 11.6 Å². The maximum atomic E-state index is 13.0. The number of hydrogen-bond acceptors (Lipinski definition) is 7. The number of carbonyl (C=O) groups is 1. The van der Waals surface area contributed by atoms with Gasteiger partial charge in [0, 0.05) is 31.4 Å². The number of aromatic nitrogens is 4. The minimum Gasteiger partial charge on any atom is -0.437 e. The summed E-state index contributed by atoms with van der Waals surface area (Å²) in [5.74, 6) is 0.421. The summed E-state index contributed by atoms with van der Waals surface area (Å²) in [6.45, 7) is 2.39. The first-order valence-electron chi connectivity index (χ1n) is 11.1. The van der Waals surface area contributed by atoms with Crippen LogP contribution in [-0.4, -0.2) is 51.7 Å². The summed E-state index contributed by atoms with van der Waals surface area (Å²) in [6.07, 6.45) is -2.91. The molecule has 36 heavy (non-hydrogen) atoms. The van der Waals surface area contributed by atoms with Gasteiger partial charge < -0.3 is 24.3 Å². The molecule has 0 spiro atoms. The summed E-state index contributed by atoms with van der Waals surface area (Å²) in [5.41, 5.74) is 0.414. The van der Waals surface area contributed by atoms with Crippen LogP contribution >= 0.6 is 0 Å². The zero-order chi connectivity index (χ0) is 25.3. The van der Waals surface area contributed by atoms with E-state index in [1.54, 1.807) is 23.0 Å². The third-order valence-corrected chi connectivity index (χ3v) is 5.57. The van der Waals surface area contributed by atoms with Gasteiger partial charge in [-0.1, -0.05) is 12.1 Å². The summed E-state index contributed by atoms with van der Waals surface area (Å²) >= 11 is 0. The highest BCUT2D eigenvalue weighted by Crippen LogP contribution is 2.31. The second-order valence-corrected chi connectivity index (χ2v) is 8.12. The molecule has 9 nitrogen and oxygen atoms in total. The molecule has 1 aliphatic heterocycles. The van der Waals surface area contributed by atoms with Crippen LogP contribution in [0.5, 0.6) is 11.6 Å². The van der Waals surface area contributed by atoms with E-state index in [9.17, 15) is 18.0 Å². The first-order valence-corrected chi connectivity index (χ1v) is 11.1. The summed E-state index contributed by atoms with van der Waals surface area (Å²) in [5, 5.41) is 2.49. The van der Waals surface area contributed by atoms with E-state index in [-0.39, 0.29) is 17.1 Å². The fourth-order valence-corrected chi connectivity index (χ4v) is 3.73. The summed E-state index contributed by atoms with van der Waals surface area (Å²) in [7, 11) is 1.81. The highest BCUT2D eigenvalue weighted by molar-refractivity contribution is 6.04. The lowest BCUT2D eigenvalue weighted by atomic mass is 10.1. The van der Waals surface area contributed by atoms with Gasteiger partial charge in [0.2, 0.25) is 5.95 Å². The van der Waals surface area contributed by atoms with Crippen molar-refractivity contribution in [1.82, 2.24) is 19.5 Å². The van der Waals surface area contributed by atoms with Crippen LogP contribution in [0.3, 0.4) is 0 Å². The van der Waals surface area contributed by atoms with Gasteiger partial charge in [-0.25, -0.2) is 4.98 Å². The Bertz CT molecular complexity index is 1420. The van der Waals surface area contributed by atoms with E-state index in [0.29, 0.717) is 49.2 Å². The predicted octanol–water partition coefficient (Wildman–Crippen LogP) is 4.26. The van der Waals surface area contributed by atoms with Gasteiger partial charge in [0.1, 0.15) is 5.75 Å². The standard InChI is InChI=1S/C24H21F3N6O3/c1-32-14-28-19-20(32)30-23(33-8-10-35-11-9-33)31-22(19)36-18-7-2-4-15(12-18)21(34)29-17-6-3-5-16(13-17)24(25,26)27/h2-7,12-14H,8-11H2,1H3,(H,29,34). The van der Waals surface area contributed by atoms with Gasteiger partial charge in [-0.2, -0.15) is 23.1 Å². The quantitative estimate of drug-likeness (QED) is 0.439. The van der Waals surface area contributed by atoms with Gasteiger partial charge in [0.05, 0.1) is 25.1 Å².